The number of aromatic nitrogens is 5. The van der Waals surface area contributed by atoms with Crippen molar-refractivity contribution in [2.24, 2.45) is 0 Å². The quantitative estimate of drug-likeness (QED) is 0.382. The Hall–Kier alpha value is -3.60. The summed E-state index contributed by atoms with van der Waals surface area (Å²) in [4.78, 5) is 21.4. The summed E-state index contributed by atoms with van der Waals surface area (Å²) in [5, 5.41) is 13.7. The number of ether oxygens (including phenoxy) is 2. The van der Waals surface area contributed by atoms with E-state index in [1.807, 2.05) is 35.0 Å². The SMILES string of the molecule is COc1ccc2[nH]c(=O)c(C(c3nnnn3CC3CCCO3)N3CCN(Cc4ccccc4)CC3)cc2c1. The molecule has 0 saturated carbocycles. The van der Waals surface area contributed by atoms with Crippen LogP contribution in [0, 0.1) is 0 Å². The molecule has 0 spiro atoms. The molecule has 2 saturated heterocycles. The Bertz CT molecular complexity index is 1420. The number of fused-ring (bicyclic) bond motifs is 1. The minimum absolute atomic E-state index is 0.0831. The van der Waals surface area contributed by atoms with Crippen molar-refractivity contribution in [2.45, 2.75) is 38.1 Å². The second-order valence-electron chi connectivity index (χ2n) is 10.1. The van der Waals surface area contributed by atoms with Crippen LogP contribution in [0.4, 0.5) is 0 Å². The Kier molecular flexibility index (Phi) is 7.17. The van der Waals surface area contributed by atoms with Crippen molar-refractivity contribution >= 4 is 10.9 Å². The van der Waals surface area contributed by atoms with Gasteiger partial charge in [-0.15, -0.1) is 5.10 Å². The van der Waals surface area contributed by atoms with Crippen LogP contribution in [0.3, 0.4) is 0 Å². The summed E-state index contributed by atoms with van der Waals surface area (Å²) in [6, 6.07) is 17.8. The van der Waals surface area contributed by atoms with Gasteiger partial charge in [-0.05, 0) is 53.1 Å². The van der Waals surface area contributed by atoms with Gasteiger partial charge in [-0.3, -0.25) is 14.6 Å². The van der Waals surface area contributed by atoms with Gasteiger partial charge >= 0.3 is 0 Å². The zero-order valence-corrected chi connectivity index (χ0v) is 21.6. The predicted molar refractivity (Wildman–Crippen MR) is 143 cm³/mol. The zero-order chi connectivity index (χ0) is 25.9. The maximum absolute atomic E-state index is 13.5. The van der Waals surface area contributed by atoms with Gasteiger partial charge in [0.15, 0.2) is 5.82 Å². The van der Waals surface area contributed by atoms with E-state index in [1.165, 1.54) is 5.56 Å². The van der Waals surface area contributed by atoms with E-state index in [0.717, 1.165) is 68.8 Å². The van der Waals surface area contributed by atoms with Gasteiger partial charge in [-0.25, -0.2) is 4.68 Å². The molecule has 2 atom stereocenters. The number of rotatable bonds is 8. The maximum atomic E-state index is 13.5. The van der Waals surface area contributed by atoms with Gasteiger partial charge in [0.05, 0.1) is 19.8 Å². The van der Waals surface area contributed by atoms with Crippen molar-refractivity contribution in [1.82, 2.24) is 35.0 Å². The number of hydrogen-bond acceptors (Lipinski definition) is 8. The molecule has 10 nitrogen and oxygen atoms in total. The normalized spacial score (nSPS) is 19.7. The zero-order valence-electron chi connectivity index (χ0n) is 21.6. The number of benzene rings is 2. The third-order valence-corrected chi connectivity index (χ3v) is 7.60. The van der Waals surface area contributed by atoms with Crippen LogP contribution >= 0.6 is 0 Å². The Labute approximate surface area is 221 Å². The maximum Gasteiger partial charge on any atom is 0.253 e. The number of nitrogens with one attached hydrogen (secondary N) is 1. The molecule has 0 bridgehead atoms. The molecule has 2 aromatic heterocycles. The Morgan fingerprint density at radius 3 is 2.71 bits per heavy atom. The highest BCUT2D eigenvalue weighted by molar-refractivity contribution is 5.80. The summed E-state index contributed by atoms with van der Waals surface area (Å²) in [5.41, 5.74) is 2.57. The van der Waals surface area contributed by atoms with Gasteiger partial charge in [0, 0.05) is 55.8 Å². The first kappa shape index (κ1) is 24.7. The van der Waals surface area contributed by atoms with Crippen LogP contribution in [0.25, 0.3) is 10.9 Å². The lowest BCUT2D eigenvalue weighted by atomic mass is 10.0. The first-order chi connectivity index (χ1) is 18.7. The molecule has 4 heterocycles. The monoisotopic (exact) mass is 515 g/mol. The number of H-pyrrole nitrogens is 1. The molecule has 2 aliphatic heterocycles. The molecular formula is C28H33N7O3. The lowest BCUT2D eigenvalue weighted by Crippen LogP contribution is -2.48. The van der Waals surface area contributed by atoms with Gasteiger partial charge in [-0.2, -0.15) is 0 Å². The van der Waals surface area contributed by atoms with Crippen LogP contribution in [0.15, 0.2) is 59.4 Å². The summed E-state index contributed by atoms with van der Waals surface area (Å²) >= 11 is 0. The fraction of sp³-hybridized carbons (Fsp3) is 0.429. The van der Waals surface area contributed by atoms with E-state index in [4.69, 9.17) is 9.47 Å². The highest BCUT2D eigenvalue weighted by Crippen LogP contribution is 2.29. The number of hydrogen-bond donors (Lipinski definition) is 1. The smallest absolute Gasteiger partial charge is 0.253 e. The first-order valence-corrected chi connectivity index (χ1v) is 13.3. The Morgan fingerprint density at radius 1 is 1.11 bits per heavy atom. The average molecular weight is 516 g/mol. The Morgan fingerprint density at radius 2 is 1.95 bits per heavy atom. The van der Waals surface area contributed by atoms with Crippen molar-refractivity contribution in [1.29, 1.82) is 0 Å². The van der Waals surface area contributed by atoms with E-state index in [2.05, 4.69) is 54.6 Å². The standard InChI is InChI=1S/C28H33N7O3/c1-37-22-9-10-25-21(16-22)17-24(28(36)29-25)26(27-30-31-32-35(27)19-23-8-5-15-38-23)34-13-11-33(12-14-34)18-20-6-3-2-4-7-20/h2-4,6-7,9-10,16-17,23,26H,5,8,11-15,18-19H2,1H3,(H,29,36). The summed E-state index contributed by atoms with van der Waals surface area (Å²) in [6.45, 7) is 5.61. The van der Waals surface area contributed by atoms with Gasteiger partial charge in [0.2, 0.25) is 0 Å². The van der Waals surface area contributed by atoms with E-state index in [-0.39, 0.29) is 17.7 Å². The fourth-order valence-corrected chi connectivity index (χ4v) is 5.57. The number of piperazine rings is 1. The summed E-state index contributed by atoms with van der Waals surface area (Å²) < 4.78 is 13.1. The molecule has 2 aliphatic rings. The van der Waals surface area contributed by atoms with E-state index in [0.29, 0.717) is 17.9 Å². The molecule has 2 aromatic carbocycles. The lowest BCUT2D eigenvalue weighted by molar-refractivity contribution is 0.0840. The molecule has 0 aliphatic carbocycles. The van der Waals surface area contributed by atoms with Crippen molar-refractivity contribution < 1.29 is 9.47 Å². The van der Waals surface area contributed by atoms with Gasteiger partial charge in [-0.1, -0.05) is 30.3 Å². The second-order valence-corrected chi connectivity index (χ2v) is 10.1. The minimum atomic E-state index is -0.385. The second kappa shape index (κ2) is 11.0. The van der Waals surface area contributed by atoms with E-state index >= 15 is 0 Å². The lowest BCUT2D eigenvalue weighted by Gasteiger charge is -2.38. The minimum Gasteiger partial charge on any atom is -0.497 e. The largest absolute Gasteiger partial charge is 0.497 e. The number of methoxy groups -OCH3 is 1. The van der Waals surface area contributed by atoms with Crippen molar-refractivity contribution in [2.75, 3.05) is 39.9 Å². The van der Waals surface area contributed by atoms with Gasteiger partial charge < -0.3 is 14.5 Å². The summed E-state index contributed by atoms with van der Waals surface area (Å²) in [6.07, 6.45) is 2.11. The number of tetrazole rings is 1. The van der Waals surface area contributed by atoms with E-state index < -0.39 is 0 Å². The molecule has 1 N–H and O–H groups in total. The van der Waals surface area contributed by atoms with Crippen LogP contribution in [0.2, 0.25) is 0 Å². The van der Waals surface area contributed by atoms with Crippen LogP contribution in [-0.4, -0.2) is 81.0 Å². The summed E-state index contributed by atoms with van der Waals surface area (Å²) in [7, 11) is 1.64. The predicted octanol–water partition coefficient (Wildman–Crippen LogP) is 2.61. The number of pyridine rings is 1. The average Bonchev–Trinajstić information content (AvgIpc) is 3.63. The topological polar surface area (TPSA) is 101 Å². The molecule has 2 fully saturated rings. The van der Waals surface area contributed by atoms with Gasteiger partial charge in [0.25, 0.3) is 5.56 Å². The first-order valence-electron chi connectivity index (χ1n) is 13.3. The molecule has 4 aromatic rings. The molecule has 38 heavy (non-hydrogen) atoms. The number of nitrogens with zero attached hydrogens (tertiary/aromatic N) is 6. The molecule has 0 amide bonds. The summed E-state index contributed by atoms with van der Waals surface area (Å²) in [5.74, 6) is 1.41. The highest BCUT2D eigenvalue weighted by atomic mass is 16.5. The molecule has 2 unspecified atom stereocenters. The van der Waals surface area contributed by atoms with Crippen molar-refractivity contribution in [3.05, 3.63) is 81.9 Å². The molecule has 0 radical (unpaired) electrons. The molecule has 6 rings (SSSR count). The van der Waals surface area contributed by atoms with E-state index in [9.17, 15) is 4.79 Å². The van der Waals surface area contributed by atoms with Crippen LogP contribution in [0.1, 0.15) is 35.8 Å². The third kappa shape index (κ3) is 5.20. The number of aromatic amines is 1. The van der Waals surface area contributed by atoms with Crippen LogP contribution < -0.4 is 10.3 Å². The fourth-order valence-electron chi connectivity index (χ4n) is 5.57. The molecule has 10 heteroatoms. The van der Waals surface area contributed by atoms with Gasteiger partial charge in [0.1, 0.15) is 11.8 Å². The molecular weight excluding hydrogens is 482 g/mol. The van der Waals surface area contributed by atoms with Crippen LogP contribution in [-0.2, 0) is 17.8 Å². The van der Waals surface area contributed by atoms with Crippen molar-refractivity contribution in [3.63, 3.8) is 0 Å². The van der Waals surface area contributed by atoms with Crippen LogP contribution in [0.5, 0.6) is 5.75 Å². The highest BCUT2D eigenvalue weighted by Gasteiger charge is 2.33. The molecule has 198 valence electrons. The third-order valence-electron chi connectivity index (χ3n) is 7.60. The van der Waals surface area contributed by atoms with E-state index in [1.54, 1.807) is 7.11 Å². The Balaban J connectivity index is 1.33. The van der Waals surface area contributed by atoms with Crippen molar-refractivity contribution in [3.8, 4) is 5.75 Å².